The van der Waals surface area contributed by atoms with Gasteiger partial charge in [-0.2, -0.15) is 0 Å². The van der Waals surface area contributed by atoms with Crippen LogP contribution in [-0.4, -0.2) is 0 Å². The van der Waals surface area contributed by atoms with Crippen molar-refractivity contribution < 1.29 is 0 Å². The smallest absolute Gasteiger partial charge is 0.0169 e. The van der Waals surface area contributed by atoms with Gasteiger partial charge in [0.05, 0.1) is 0 Å². The summed E-state index contributed by atoms with van der Waals surface area (Å²) in [4.78, 5) is 0. The molecule has 0 aromatic carbocycles. The topological polar surface area (TPSA) is 0 Å². The maximum absolute atomic E-state index is 3.77. The van der Waals surface area contributed by atoms with Crippen molar-refractivity contribution in [2.24, 2.45) is 0 Å². The first-order chi connectivity index (χ1) is 8.41. The van der Waals surface area contributed by atoms with Crippen molar-refractivity contribution in [3.63, 3.8) is 0 Å². The Morgan fingerprint density at radius 1 is 0.706 bits per heavy atom. The van der Waals surface area contributed by atoms with Gasteiger partial charge in [0.2, 0.25) is 0 Å². The second-order valence-electron chi connectivity index (χ2n) is 4.73. The summed E-state index contributed by atoms with van der Waals surface area (Å²) in [6.07, 6.45) is 23.5. The van der Waals surface area contributed by atoms with Gasteiger partial charge in [-0.05, 0) is 32.6 Å². The van der Waals surface area contributed by atoms with Gasteiger partial charge in [-0.15, -0.1) is 0 Å². The minimum atomic E-state index is 0.909. The van der Waals surface area contributed by atoms with Crippen molar-refractivity contribution in [2.75, 3.05) is 0 Å². The lowest BCUT2D eigenvalue weighted by molar-refractivity contribution is 0.577. The molecule has 17 heavy (non-hydrogen) atoms. The van der Waals surface area contributed by atoms with Crippen LogP contribution >= 0.6 is 0 Å². The summed E-state index contributed by atoms with van der Waals surface area (Å²) in [5, 5.41) is 0. The molecule has 0 heterocycles. The molecule has 0 unspecified atom stereocenters. The van der Waals surface area contributed by atoms with E-state index in [1.165, 1.54) is 57.8 Å². The predicted molar refractivity (Wildman–Crippen MR) is 80.1 cm³/mol. The van der Waals surface area contributed by atoms with Crippen molar-refractivity contribution in [1.82, 2.24) is 0 Å². The molecule has 0 nitrogen and oxygen atoms in total. The predicted octanol–water partition coefficient (Wildman–Crippen LogP) is 6.24. The van der Waals surface area contributed by atoms with Gasteiger partial charge in [-0.3, -0.25) is 0 Å². The van der Waals surface area contributed by atoms with Crippen molar-refractivity contribution in [1.29, 1.82) is 0 Å². The van der Waals surface area contributed by atoms with Gasteiger partial charge in [0.1, 0.15) is 0 Å². The number of unbranched alkanes of at least 4 members (excludes halogenated alkanes) is 8. The van der Waals surface area contributed by atoms with E-state index in [0.29, 0.717) is 0 Å². The Morgan fingerprint density at radius 3 is 1.94 bits per heavy atom. The molecule has 0 aliphatic heterocycles. The minimum Gasteiger partial charge on any atom is -0.0882 e. The maximum Gasteiger partial charge on any atom is -0.0169 e. The second-order valence-corrected chi connectivity index (χ2v) is 4.73. The van der Waals surface area contributed by atoms with E-state index in [2.05, 4.69) is 38.2 Å². The quantitative estimate of drug-likeness (QED) is 0.277. The lowest BCUT2D eigenvalue weighted by atomic mass is 10.1. The zero-order valence-corrected chi connectivity index (χ0v) is 11.8. The minimum absolute atomic E-state index is 0.909. The first kappa shape index (κ1) is 16.5. The molecule has 0 saturated heterocycles. The normalized spacial score (nSPS) is 11.9. The summed E-state index contributed by atoms with van der Waals surface area (Å²) < 4.78 is 0. The molecule has 0 bridgehead atoms. The van der Waals surface area contributed by atoms with Gasteiger partial charge in [0.15, 0.2) is 0 Å². The summed E-state index contributed by atoms with van der Waals surface area (Å²) in [6, 6.07) is 0. The van der Waals surface area contributed by atoms with E-state index >= 15 is 0 Å². The molecule has 0 aromatic heterocycles. The van der Waals surface area contributed by atoms with E-state index in [0.717, 1.165) is 12.8 Å². The van der Waals surface area contributed by atoms with Crippen molar-refractivity contribution >= 4 is 0 Å². The molecule has 0 atom stereocenters. The van der Waals surface area contributed by atoms with Crippen LogP contribution < -0.4 is 0 Å². The third-order valence-corrected chi connectivity index (χ3v) is 3.00. The molecular formula is C17H31. The Balaban J connectivity index is 3.05. The molecule has 0 spiro atoms. The van der Waals surface area contributed by atoms with Crippen LogP contribution in [0.2, 0.25) is 0 Å². The third-order valence-electron chi connectivity index (χ3n) is 3.00. The van der Waals surface area contributed by atoms with Crippen LogP contribution in [0.15, 0.2) is 24.3 Å². The molecule has 0 aliphatic rings. The first-order valence-electron chi connectivity index (χ1n) is 7.51. The molecule has 99 valence electrons. The average Bonchev–Trinajstić information content (AvgIpc) is 2.35. The highest BCUT2D eigenvalue weighted by Crippen LogP contribution is 2.09. The third kappa shape index (κ3) is 15.5. The fraction of sp³-hybridized carbons (Fsp3) is 0.706. The lowest BCUT2D eigenvalue weighted by Crippen LogP contribution is -1.79. The summed E-state index contributed by atoms with van der Waals surface area (Å²) in [6.45, 7) is 6.05. The fourth-order valence-electron chi connectivity index (χ4n) is 1.90. The number of allylic oxidation sites excluding steroid dienone is 4. The number of hydrogen-bond donors (Lipinski definition) is 0. The first-order valence-corrected chi connectivity index (χ1v) is 7.51. The average molecular weight is 235 g/mol. The largest absolute Gasteiger partial charge is 0.0882 e. The highest BCUT2D eigenvalue weighted by atomic mass is 14.0. The van der Waals surface area contributed by atoms with Gasteiger partial charge < -0.3 is 0 Å². The van der Waals surface area contributed by atoms with Crippen LogP contribution in [0.25, 0.3) is 0 Å². The highest BCUT2D eigenvalue weighted by Gasteiger charge is 1.89. The summed E-state index contributed by atoms with van der Waals surface area (Å²) in [7, 11) is 0. The Kier molecular flexibility index (Phi) is 15.0. The van der Waals surface area contributed by atoms with E-state index < -0.39 is 0 Å². The monoisotopic (exact) mass is 235 g/mol. The number of hydrogen-bond acceptors (Lipinski definition) is 0. The fourth-order valence-corrected chi connectivity index (χ4v) is 1.90. The Morgan fingerprint density at radius 2 is 1.29 bits per heavy atom. The second kappa shape index (κ2) is 15.5. The van der Waals surface area contributed by atoms with Crippen LogP contribution in [0.5, 0.6) is 0 Å². The van der Waals surface area contributed by atoms with Gasteiger partial charge >= 0.3 is 0 Å². The molecule has 0 N–H and O–H groups in total. The van der Waals surface area contributed by atoms with E-state index in [1.54, 1.807) is 0 Å². The molecule has 0 saturated carbocycles. The zero-order chi connectivity index (χ0) is 12.6. The van der Waals surface area contributed by atoms with Crippen LogP contribution in [-0.2, 0) is 0 Å². The molecular weight excluding hydrogens is 204 g/mol. The van der Waals surface area contributed by atoms with Gasteiger partial charge in [0, 0.05) is 0 Å². The van der Waals surface area contributed by atoms with Gasteiger partial charge in [-0.25, -0.2) is 0 Å². The van der Waals surface area contributed by atoms with Crippen molar-refractivity contribution in [2.45, 2.75) is 77.6 Å². The van der Waals surface area contributed by atoms with Crippen molar-refractivity contribution in [3.05, 3.63) is 31.2 Å². The molecule has 0 rings (SSSR count). The molecule has 0 aliphatic carbocycles. The van der Waals surface area contributed by atoms with E-state index in [1.807, 2.05) is 0 Å². The van der Waals surface area contributed by atoms with Gasteiger partial charge in [-0.1, -0.05) is 76.2 Å². The van der Waals surface area contributed by atoms with E-state index in [-0.39, 0.29) is 0 Å². The SMILES string of the molecule is [CH2]CC=CCC=CCCCCCCCCCC. The molecule has 0 heteroatoms. The van der Waals surface area contributed by atoms with Crippen LogP contribution in [0.1, 0.15) is 77.6 Å². The van der Waals surface area contributed by atoms with E-state index in [9.17, 15) is 0 Å². The lowest BCUT2D eigenvalue weighted by Gasteiger charge is -1.99. The molecule has 1 radical (unpaired) electrons. The van der Waals surface area contributed by atoms with Crippen LogP contribution in [0, 0.1) is 6.92 Å². The van der Waals surface area contributed by atoms with Gasteiger partial charge in [0.25, 0.3) is 0 Å². The maximum atomic E-state index is 3.77. The number of rotatable bonds is 12. The Labute approximate surface area is 109 Å². The van der Waals surface area contributed by atoms with Crippen LogP contribution in [0.3, 0.4) is 0 Å². The Hall–Kier alpha value is -0.520. The van der Waals surface area contributed by atoms with E-state index in [4.69, 9.17) is 0 Å². The summed E-state index contributed by atoms with van der Waals surface area (Å²) in [5.41, 5.74) is 0. The highest BCUT2D eigenvalue weighted by molar-refractivity contribution is 4.92. The molecule has 0 fully saturated rings. The molecule has 0 amide bonds. The summed E-state index contributed by atoms with van der Waals surface area (Å²) in [5.74, 6) is 0. The van der Waals surface area contributed by atoms with Crippen LogP contribution in [0.4, 0.5) is 0 Å². The van der Waals surface area contributed by atoms with Crippen molar-refractivity contribution in [3.8, 4) is 0 Å². The zero-order valence-electron chi connectivity index (χ0n) is 11.8. The molecule has 0 aromatic rings. The summed E-state index contributed by atoms with van der Waals surface area (Å²) >= 11 is 0. The Bertz CT molecular complexity index is 176. The standard InChI is InChI=1S/C17H31/c1-3-5-7-9-11-13-15-17-16-14-12-10-8-6-4-2/h5,7,11,13H,1,3-4,6,8-10,12,14-17H2,2H3.